The number of phenolic OH excluding ortho intramolecular Hbond substituents is 2. The fourth-order valence-corrected chi connectivity index (χ4v) is 8.47. The van der Waals surface area contributed by atoms with E-state index in [1.165, 1.54) is 73.8 Å². The molecule has 0 bridgehead atoms. The summed E-state index contributed by atoms with van der Waals surface area (Å²) in [6, 6.07) is 25.5. The van der Waals surface area contributed by atoms with E-state index in [1.807, 2.05) is 20.8 Å². The average molecular weight is 942 g/mol. The van der Waals surface area contributed by atoms with Crippen LogP contribution in [0.4, 0.5) is 34.1 Å². The molecule has 0 fully saturated rings. The minimum Gasteiger partial charge on any atom is -0.506 e. The first-order valence-corrected chi connectivity index (χ1v) is 23.2. The van der Waals surface area contributed by atoms with Crippen molar-refractivity contribution in [2.75, 3.05) is 39.8 Å². The van der Waals surface area contributed by atoms with Gasteiger partial charge in [0.15, 0.2) is 11.5 Å². The van der Waals surface area contributed by atoms with Gasteiger partial charge in [-0.05, 0) is 98.1 Å². The molecule has 2 atom stereocenters. The number of hydrogen-bond donors (Lipinski definition) is 6. The summed E-state index contributed by atoms with van der Waals surface area (Å²) < 4.78 is 84.1. The minimum atomic E-state index is -4.43. The summed E-state index contributed by atoms with van der Waals surface area (Å²) in [6.45, 7) is 7.45. The maximum absolute atomic E-state index is 14.0. The van der Waals surface area contributed by atoms with E-state index in [4.69, 9.17) is 17.8 Å². The van der Waals surface area contributed by atoms with Gasteiger partial charge in [-0.2, -0.15) is 13.7 Å². The first-order chi connectivity index (χ1) is 31.1. The maximum Gasteiger partial charge on any atom is 0.316 e. The van der Waals surface area contributed by atoms with Gasteiger partial charge >= 0.3 is 22.5 Å². The molecule has 6 rings (SSSR count). The number of fused-ring (bicyclic) bond motifs is 1. The van der Waals surface area contributed by atoms with Crippen LogP contribution >= 0.6 is 0 Å². The highest BCUT2D eigenvalue weighted by Gasteiger charge is 2.22. The Labute approximate surface area is 379 Å². The Morgan fingerprint density at radius 3 is 2.28 bits per heavy atom. The van der Waals surface area contributed by atoms with E-state index in [-0.39, 0.29) is 104 Å². The number of nitrogens with one attached hydrogen (secondary N) is 4. The van der Waals surface area contributed by atoms with Crippen LogP contribution in [0.1, 0.15) is 35.6 Å². The van der Waals surface area contributed by atoms with Crippen LogP contribution in [0, 0.1) is 32.1 Å². The number of sulfonamides is 1. The van der Waals surface area contributed by atoms with Gasteiger partial charge in [0, 0.05) is 36.4 Å². The zero-order valence-electron chi connectivity index (χ0n) is 35.5. The predicted octanol–water partition coefficient (Wildman–Crippen LogP) is 8.78. The Bertz CT molecular complexity index is 3010. The molecule has 6 N–H and O–H groups in total. The number of phenols is 2. The topological polar surface area (TPSA) is 259 Å². The highest BCUT2D eigenvalue weighted by atomic mass is 32.2. The molecule has 0 aromatic heterocycles. The largest absolute Gasteiger partial charge is 0.506 e. The lowest BCUT2D eigenvalue weighted by molar-refractivity contribution is -0.115. The zero-order chi connectivity index (χ0) is 46.8. The van der Waals surface area contributed by atoms with Crippen LogP contribution in [-0.4, -0.2) is 53.3 Å². The third-order valence-electron chi connectivity index (χ3n) is 9.44. The fraction of sp³-hybridized carbons (Fsp3) is 0.182. The number of nitrogens with zero attached hydrogens (tertiary/aromatic N) is 3. The van der Waals surface area contributed by atoms with Crippen molar-refractivity contribution in [2.45, 2.75) is 39.0 Å². The highest BCUT2D eigenvalue weighted by Crippen LogP contribution is 2.44. The number of ether oxygens (including phenoxy) is 2. The van der Waals surface area contributed by atoms with Gasteiger partial charge in [-0.1, -0.05) is 31.2 Å². The van der Waals surface area contributed by atoms with Gasteiger partial charge in [0.05, 0.1) is 45.5 Å². The third-order valence-corrected chi connectivity index (χ3v) is 12.3. The summed E-state index contributed by atoms with van der Waals surface area (Å²) in [6.07, 6.45) is 0.104. The van der Waals surface area contributed by atoms with Crippen molar-refractivity contribution < 1.29 is 49.7 Å². The van der Waals surface area contributed by atoms with Crippen LogP contribution in [-0.2, 0) is 42.1 Å². The second-order valence-electron chi connectivity index (χ2n) is 14.1. The van der Waals surface area contributed by atoms with Crippen LogP contribution in [0.25, 0.3) is 10.8 Å². The summed E-state index contributed by atoms with van der Waals surface area (Å²) in [5.74, 6) is -0.867. The van der Waals surface area contributed by atoms with E-state index < -0.39 is 38.5 Å². The highest BCUT2D eigenvalue weighted by molar-refractivity contribution is 7.92. The smallest absolute Gasteiger partial charge is 0.316 e. The van der Waals surface area contributed by atoms with Crippen LogP contribution in [0.2, 0.25) is 0 Å². The van der Waals surface area contributed by atoms with Crippen LogP contribution in [0.3, 0.4) is 0 Å². The molecule has 0 saturated heterocycles. The minimum absolute atomic E-state index is 0.00517. The Morgan fingerprint density at radius 1 is 0.785 bits per heavy atom. The van der Waals surface area contributed by atoms with Crippen LogP contribution in [0.5, 0.6) is 28.7 Å². The number of carbonyl (C=O) groups is 1. The Morgan fingerprint density at radius 2 is 1.52 bits per heavy atom. The molecule has 2 unspecified atom stereocenters. The second kappa shape index (κ2) is 21.0. The molecule has 0 aliphatic heterocycles. The molecule has 65 heavy (non-hydrogen) atoms. The average Bonchev–Trinajstić information content (AvgIpc) is 3.27. The van der Waals surface area contributed by atoms with Gasteiger partial charge in [0.1, 0.15) is 35.6 Å². The lowest BCUT2D eigenvalue weighted by atomic mass is 10.0. The van der Waals surface area contributed by atoms with Gasteiger partial charge in [-0.15, -0.1) is 10.2 Å². The number of rotatable bonds is 19. The summed E-state index contributed by atoms with van der Waals surface area (Å²) in [5, 5.41) is 42.8. The number of aryl methyl sites for hydroxylation is 3. The number of methoxy groups -OCH3 is 1. The van der Waals surface area contributed by atoms with E-state index in [0.717, 1.165) is 22.8 Å². The van der Waals surface area contributed by atoms with Crippen molar-refractivity contribution in [2.24, 2.45) is 10.2 Å². The number of aromatic hydroxyl groups is 2. The molecule has 1 amide bonds. The molecule has 0 saturated carbocycles. The molecule has 21 heteroatoms. The summed E-state index contributed by atoms with van der Waals surface area (Å²) in [7, 11) is -2.94. The van der Waals surface area contributed by atoms with Crippen molar-refractivity contribution >= 4 is 83.4 Å². The summed E-state index contributed by atoms with van der Waals surface area (Å²) in [5.41, 5.74) is 3.35. The van der Waals surface area contributed by atoms with Gasteiger partial charge < -0.3 is 33.4 Å². The maximum atomic E-state index is 14.0. The molecular formula is C44H43N7O11S3. The predicted molar refractivity (Wildman–Crippen MR) is 248 cm³/mol. The Hall–Kier alpha value is -7.25. The number of nitriles is 1. The van der Waals surface area contributed by atoms with Gasteiger partial charge in [-0.3, -0.25) is 19.0 Å². The molecule has 0 radical (unpaired) electrons. The van der Waals surface area contributed by atoms with E-state index in [2.05, 4.69) is 35.8 Å². The molecule has 338 valence electrons. The number of carbonyl (C=O) groups excluding carboxylic acids is 1. The van der Waals surface area contributed by atoms with E-state index >= 15 is 0 Å². The van der Waals surface area contributed by atoms with Crippen molar-refractivity contribution in [3.05, 3.63) is 119 Å². The number of azo groups is 1. The Balaban J connectivity index is 1.24. The number of benzene rings is 6. The molecule has 0 spiro atoms. The van der Waals surface area contributed by atoms with Crippen molar-refractivity contribution in [1.82, 2.24) is 0 Å². The van der Waals surface area contributed by atoms with Crippen LogP contribution < -0.4 is 32.6 Å². The SMILES string of the molecule is CCC(=O)Nc1cc(N=Nc2ccc(C)cc2C#N)c2c(NS(=O)(=O)c3cccc(OS(=O)Nc4ccc(OCCOC)c(OS(=O)Nc5cc(C)c(C)cc5O)c4)c3)cccc2c1O. The first kappa shape index (κ1) is 47.2. The van der Waals surface area contributed by atoms with Crippen molar-refractivity contribution in [3.8, 4) is 34.8 Å². The van der Waals surface area contributed by atoms with Crippen molar-refractivity contribution in [1.29, 1.82) is 5.26 Å². The lowest BCUT2D eigenvalue weighted by Gasteiger charge is -2.16. The molecule has 0 heterocycles. The molecular weight excluding hydrogens is 899 g/mol. The number of anilines is 4. The summed E-state index contributed by atoms with van der Waals surface area (Å²) in [4.78, 5) is 12.1. The first-order valence-electron chi connectivity index (χ1n) is 19.5. The second-order valence-corrected chi connectivity index (χ2v) is 17.5. The van der Waals surface area contributed by atoms with E-state index in [1.54, 1.807) is 31.2 Å². The van der Waals surface area contributed by atoms with Crippen LogP contribution in [0.15, 0.2) is 112 Å². The Kier molecular flexibility index (Phi) is 15.2. The van der Waals surface area contributed by atoms with Crippen molar-refractivity contribution in [3.63, 3.8) is 0 Å². The van der Waals surface area contributed by atoms with E-state index in [9.17, 15) is 37.1 Å². The van der Waals surface area contributed by atoms with E-state index in [0.29, 0.717) is 0 Å². The summed E-state index contributed by atoms with van der Waals surface area (Å²) >= 11 is -4.57. The molecule has 6 aromatic rings. The molecule has 6 aromatic carbocycles. The molecule has 0 aliphatic carbocycles. The monoisotopic (exact) mass is 941 g/mol. The normalized spacial score (nSPS) is 12.2. The van der Waals surface area contributed by atoms with Gasteiger partial charge in [0.25, 0.3) is 10.0 Å². The number of hydrogen-bond acceptors (Lipinski definition) is 14. The zero-order valence-corrected chi connectivity index (χ0v) is 37.9. The van der Waals surface area contributed by atoms with Gasteiger partial charge in [-0.25, -0.2) is 8.42 Å². The standard InChI is InChI=1S/C44H43N7O11S3/c1-6-42(53)46-38-24-37(48-47-34-15-13-26(2)19-29(34)25-45)43-33(44(38)54)11-8-12-35(43)51-65(57,58)32-10-7-9-31(23-32)61-63(55)49-30-14-16-40(60-18-17-59-5)41(22-30)62-64(56)50-36-20-27(3)28(4)21-39(36)52/h7-16,19-24,49-52,54H,6,17-18H2,1-5H3,(H,46,53). The molecule has 18 nitrogen and oxygen atoms in total. The number of amides is 1. The fourth-order valence-electron chi connectivity index (χ4n) is 6.05. The lowest BCUT2D eigenvalue weighted by Crippen LogP contribution is -2.15. The molecule has 0 aliphatic rings. The van der Waals surface area contributed by atoms with Gasteiger partial charge in [0.2, 0.25) is 5.91 Å². The quantitative estimate of drug-likeness (QED) is 0.0253. The third kappa shape index (κ3) is 11.9.